The molecule has 0 unspecified atom stereocenters. The Labute approximate surface area is 132 Å². The average molecular weight is 318 g/mol. The van der Waals surface area contributed by atoms with Gasteiger partial charge in [-0.05, 0) is 6.54 Å². The molecule has 0 aromatic heterocycles. The van der Waals surface area contributed by atoms with Gasteiger partial charge in [0.25, 0.3) is 0 Å². The Kier molecular flexibility index (Phi) is 10.3. The summed E-state index contributed by atoms with van der Waals surface area (Å²) in [5.41, 5.74) is 0. The number of carboxylic acid groups (broad SMARTS) is 1. The predicted molar refractivity (Wildman–Crippen MR) is 83.6 cm³/mol. The van der Waals surface area contributed by atoms with E-state index in [0.29, 0.717) is 13.3 Å². The van der Waals surface area contributed by atoms with Crippen molar-refractivity contribution in [3.63, 3.8) is 0 Å². The summed E-state index contributed by atoms with van der Waals surface area (Å²) < 4.78 is 0. The highest BCUT2D eigenvalue weighted by atomic mass is 17.2. The Hall–Kier alpha value is -0.770. The minimum atomic E-state index is -0.781. The normalized spacial score (nSPS) is 21.2. The molecular formula is C14H30N4O4. The van der Waals surface area contributed by atoms with Gasteiger partial charge in [-0.25, -0.2) is 9.78 Å². The molecule has 8 heteroatoms. The molecule has 0 amide bonds. The van der Waals surface area contributed by atoms with E-state index in [0.717, 1.165) is 52.4 Å². The summed E-state index contributed by atoms with van der Waals surface area (Å²) in [5.74, 6) is -0.781. The average Bonchev–Trinajstić information content (AvgIpc) is 2.49. The second-order valence-electron chi connectivity index (χ2n) is 5.39. The lowest BCUT2D eigenvalue weighted by Gasteiger charge is -2.30. The number of hydrogen-bond acceptors (Lipinski definition) is 7. The van der Waals surface area contributed by atoms with Crippen molar-refractivity contribution in [2.75, 3.05) is 79.3 Å². The van der Waals surface area contributed by atoms with Gasteiger partial charge in [-0.15, -0.1) is 0 Å². The summed E-state index contributed by atoms with van der Waals surface area (Å²) in [6.07, 6.45) is 0. The summed E-state index contributed by atoms with van der Waals surface area (Å²) in [7, 11) is 1.49. The largest absolute Gasteiger partial charge is 0.480 e. The third-order valence-corrected chi connectivity index (χ3v) is 3.83. The molecule has 0 saturated carbocycles. The summed E-state index contributed by atoms with van der Waals surface area (Å²) in [6, 6.07) is 0. The third-order valence-electron chi connectivity index (χ3n) is 3.83. The van der Waals surface area contributed by atoms with Crippen molar-refractivity contribution < 1.29 is 19.7 Å². The van der Waals surface area contributed by atoms with Gasteiger partial charge in [0.15, 0.2) is 0 Å². The monoisotopic (exact) mass is 318 g/mol. The van der Waals surface area contributed by atoms with Crippen LogP contribution in [0, 0.1) is 0 Å². The van der Waals surface area contributed by atoms with Gasteiger partial charge in [0.1, 0.15) is 6.73 Å². The summed E-state index contributed by atoms with van der Waals surface area (Å²) >= 11 is 0. The fourth-order valence-electron chi connectivity index (χ4n) is 2.42. The van der Waals surface area contributed by atoms with Gasteiger partial charge in [-0.1, -0.05) is 6.92 Å². The Bertz CT molecular complexity index is 307. The van der Waals surface area contributed by atoms with Gasteiger partial charge < -0.3 is 15.3 Å². The van der Waals surface area contributed by atoms with Crippen molar-refractivity contribution in [3.8, 4) is 0 Å². The van der Waals surface area contributed by atoms with Crippen LogP contribution in [0.4, 0.5) is 0 Å². The molecule has 1 aliphatic rings. The maximum absolute atomic E-state index is 11.0. The molecule has 1 fully saturated rings. The minimum Gasteiger partial charge on any atom is -0.480 e. The summed E-state index contributed by atoms with van der Waals surface area (Å²) in [6.45, 7) is 10.3. The Balaban J connectivity index is 2.56. The lowest BCUT2D eigenvalue weighted by molar-refractivity contribution is -0.295. The van der Waals surface area contributed by atoms with E-state index in [1.165, 1.54) is 7.11 Å². The van der Waals surface area contributed by atoms with Gasteiger partial charge in [0.2, 0.25) is 0 Å². The standard InChI is InChI=1S/C14H30N4O4/c1-3-16-6-4-15-5-7-18(13-22-21-2)11-10-17(9-8-16)12-14(19)20/h15H,3-13H2,1-2H3,(H,19,20). The van der Waals surface area contributed by atoms with Crippen molar-refractivity contribution in [2.45, 2.75) is 6.92 Å². The van der Waals surface area contributed by atoms with E-state index in [1.54, 1.807) is 0 Å². The molecule has 1 rings (SSSR count). The van der Waals surface area contributed by atoms with E-state index in [-0.39, 0.29) is 6.54 Å². The lowest BCUT2D eigenvalue weighted by atomic mass is 10.3. The highest BCUT2D eigenvalue weighted by Crippen LogP contribution is 1.97. The van der Waals surface area contributed by atoms with Gasteiger partial charge in [-0.3, -0.25) is 14.6 Å². The van der Waals surface area contributed by atoms with Crippen LogP contribution in [0.3, 0.4) is 0 Å². The van der Waals surface area contributed by atoms with Crippen molar-refractivity contribution in [3.05, 3.63) is 0 Å². The zero-order valence-corrected chi connectivity index (χ0v) is 13.8. The molecule has 0 atom stereocenters. The molecule has 22 heavy (non-hydrogen) atoms. The quantitative estimate of drug-likeness (QED) is 0.484. The van der Waals surface area contributed by atoms with Crippen molar-refractivity contribution in [1.82, 2.24) is 20.0 Å². The van der Waals surface area contributed by atoms with E-state index in [4.69, 9.17) is 9.99 Å². The van der Waals surface area contributed by atoms with E-state index >= 15 is 0 Å². The number of rotatable bonds is 6. The number of aliphatic carboxylic acids is 1. The van der Waals surface area contributed by atoms with Crippen LogP contribution in [-0.2, 0) is 14.6 Å². The topological polar surface area (TPSA) is 77.5 Å². The van der Waals surface area contributed by atoms with Gasteiger partial charge in [0.05, 0.1) is 13.7 Å². The highest BCUT2D eigenvalue weighted by Gasteiger charge is 2.15. The SMILES string of the molecule is CCN1CCNCCN(COOC)CCN(CC(=O)O)CC1. The number of hydrogen-bond donors (Lipinski definition) is 2. The van der Waals surface area contributed by atoms with Crippen molar-refractivity contribution >= 4 is 5.97 Å². The van der Waals surface area contributed by atoms with Crippen molar-refractivity contribution in [1.29, 1.82) is 0 Å². The molecule has 1 aliphatic heterocycles. The zero-order valence-electron chi connectivity index (χ0n) is 13.8. The van der Waals surface area contributed by atoms with Crippen LogP contribution in [0.1, 0.15) is 6.92 Å². The van der Waals surface area contributed by atoms with Crippen LogP contribution in [0.2, 0.25) is 0 Å². The molecule has 2 N–H and O–H groups in total. The van der Waals surface area contributed by atoms with E-state index in [1.807, 2.05) is 4.90 Å². The van der Waals surface area contributed by atoms with Crippen molar-refractivity contribution in [2.24, 2.45) is 0 Å². The first kappa shape index (κ1) is 19.3. The van der Waals surface area contributed by atoms with Crippen LogP contribution in [0.5, 0.6) is 0 Å². The van der Waals surface area contributed by atoms with Gasteiger partial charge in [0, 0.05) is 52.4 Å². The molecular weight excluding hydrogens is 288 g/mol. The Morgan fingerprint density at radius 3 is 2.23 bits per heavy atom. The van der Waals surface area contributed by atoms with Crippen LogP contribution >= 0.6 is 0 Å². The zero-order chi connectivity index (χ0) is 16.2. The third kappa shape index (κ3) is 8.62. The van der Waals surface area contributed by atoms with Crippen LogP contribution in [-0.4, -0.2) is 105 Å². The maximum Gasteiger partial charge on any atom is 0.317 e. The maximum atomic E-state index is 11.0. The number of carbonyl (C=O) groups is 1. The molecule has 1 saturated heterocycles. The Morgan fingerprint density at radius 1 is 1.05 bits per heavy atom. The molecule has 8 nitrogen and oxygen atoms in total. The molecule has 0 bridgehead atoms. The molecule has 0 spiro atoms. The van der Waals surface area contributed by atoms with E-state index in [2.05, 4.69) is 26.9 Å². The number of nitrogens with zero attached hydrogens (tertiary/aromatic N) is 3. The molecule has 0 aromatic rings. The highest BCUT2D eigenvalue weighted by molar-refractivity contribution is 5.69. The predicted octanol–water partition coefficient (Wildman–Crippen LogP) is -0.864. The number of likely N-dealkylation sites (N-methyl/N-ethyl adjacent to an activating group) is 1. The Morgan fingerprint density at radius 2 is 1.64 bits per heavy atom. The fourth-order valence-corrected chi connectivity index (χ4v) is 2.42. The molecule has 130 valence electrons. The van der Waals surface area contributed by atoms with Crippen LogP contribution in [0.25, 0.3) is 0 Å². The first-order valence-electron chi connectivity index (χ1n) is 7.91. The summed E-state index contributed by atoms with van der Waals surface area (Å²) in [4.78, 5) is 27.1. The lowest BCUT2D eigenvalue weighted by Crippen LogP contribution is -2.46. The van der Waals surface area contributed by atoms with Crippen LogP contribution in [0.15, 0.2) is 0 Å². The first-order chi connectivity index (χ1) is 10.7. The molecule has 1 heterocycles. The molecule has 0 radical (unpaired) electrons. The second-order valence-corrected chi connectivity index (χ2v) is 5.39. The minimum absolute atomic E-state index is 0.0782. The van der Waals surface area contributed by atoms with Gasteiger partial charge in [-0.2, -0.15) is 0 Å². The molecule has 0 aliphatic carbocycles. The first-order valence-corrected chi connectivity index (χ1v) is 7.91. The summed E-state index contributed by atoms with van der Waals surface area (Å²) in [5, 5.41) is 12.5. The number of carboxylic acids is 1. The molecule has 0 aromatic carbocycles. The van der Waals surface area contributed by atoms with E-state index < -0.39 is 5.97 Å². The second kappa shape index (κ2) is 11.8. The van der Waals surface area contributed by atoms with E-state index in [9.17, 15) is 4.79 Å². The number of nitrogens with one attached hydrogen (secondary N) is 1. The smallest absolute Gasteiger partial charge is 0.317 e. The van der Waals surface area contributed by atoms with Gasteiger partial charge >= 0.3 is 5.97 Å². The fraction of sp³-hybridized carbons (Fsp3) is 0.929. The van der Waals surface area contributed by atoms with Crippen LogP contribution < -0.4 is 5.32 Å².